The molecule has 0 aromatic heterocycles. The Labute approximate surface area is 108 Å². The average molecular weight is 258 g/mol. The number of hydrogen-bond acceptors (Lipinski definition) is 5. The van der Waals surface area contributed by atoms with Crippen molar-refractivity contribution in [2.75, 3.05) is 13.2 Å². The van der Waals surface area contributed by atoms with Crippen LogP contribution in [0.3, 0.4) is 0 Å². The molecule has 0 saturated carbocycles. The zero-order valence-corrected chi connectivity index (χ0v) is 10.6. The molecule has 2 N–H and O–H groups in total. The Morgan fingerprint density at radius 1 is 1.28 bits per heavy atom. The van der Waals surface area contributed by atoms with Gasteiger partial charge in [0.15, 0.2) is 0 Å². The van der Waals surface area contributed by atoms with Crippen molar-refractivity contribution >= 4 is 6.16 Å². The number of carbonyl (C=O) groups is 1. The van der Waals surface area contributed by atoms with E-state index in [0.717, 1.165) is 12.8 Å². The van der Waals surface area contributed by atoms with Crippen LogP contribution in [0.5, 0.6) is 0 Å². The minimum absolute atomic E-state index is 0.0648. The second-order valence-corrected chi connectivity index (χ2v) is 3.81. The van der Waals surface area contributed by atoms with Gasteiger partial charge in [0.05, 0.1) is 6.10 Å². The molecule has 0 heterocycles. The van der Waals surface area contributed by atoms with Gasteiger partial charge < -0.3 is 19.7 Å². The van der Waals surface area contributed by atoms with Gasteiger partial charge in [0.1, 0.15) is 12.7 Å². The van der Waals surface area contributed by atoms with Gasteiger partial charge in [0.25, 0.3) is 0 Å². The summed E-state index contributed by atoms with van der Waals surface area (Å²) in [5.74, 6) is 0. The molecule has 0 aliphatic heterocycles. The van der Waals surface area contributed by atoms with Crippen molar-refractivity contribution in [3.63, 3.8) is 0 Å². The van der Waals surface area contributed by atoms with Crippen LogP contribution in [-0.2, 0) is 9.47 Å². The number of aliphatic hydroxyl groups is 2. The zero-order valence-electron chi connectivity index (χ0n) is 10.6. The minimum atomic E-state index is -0.853. The molecule has 2 unspecified atom stereocenters. The fourth-order valence-corrected chi connectivity index (χ4v) is 1.36. The molecule has 0 rings (SSSR count). The van der Waals surface area contributed by atoms with Crippen molar-refractivity contribution < 1.29 is 24.5 Å². The number of aliphatic hydroxyl groups excluding tert-OH is 2. The third-order valence-electron chi connectivity index (χ3n) is 2.32. The summed E-state index contributed by atoms with van der Waals surface area (Å²) in [5, 5.41) is 18.4. The summed E-state index contributed by atoms with van der Waals surface area (Å²) in [4.78, 5) is 11.2. The van der Waals surface area contributed by atoms with Gasteiger partial charge in [-0.3, -0.25) is 0 Å². The lowest BCUT2D eigenvalue weighted by atomic mass is 10.1. The van der Waals surface area contributed by atoms with Gasteiger partial charge in [-0.2, -0.15) is 0 Å². The van der Waals surface area contributed by atoms with Crippen LogP contribution in [0.2, 0.25) is 0 Å². The molecule has 0 spiro atoms. The van der Waals surface area contributed by atoms with Gasteiger partial charge in [-0.05, 0) is 18.9 Å². The monoisotopic (exact) mass is 258 g/mol. The second kappa shape index (κ2) is 10.8. The molecule has 2 atom stereocenters. The third-order valence-corrected chi connectivity index (χ3v) is 2.32. The van der Waals surface area contributed by atoms with Gasteiger partial charge in [-0.1, -0.05) is 32.1 Å². The lowest BCUT2D eigenvalue weighted by Crippen LogP contribution is -2.29. The summed E-state index contributed by atoms with van der Waals surface area (Å²) < 4.78 is 9.54. The van der Waals surface area contributed by atoms with Crippen molar-refractivity contribution in [2.24, 2.45) is 0 Å². The molecule has 5 nitrogen and oxygen atoms in total. The quantitative estimate of drug-likeness (QED) is 0.355. The van der Waals surface area contributed by atoms with Gasteiger partial charge in [0.2, 0.25) is 0 Å². The van der Waals surface area contributed by atoms with Gasteiger partial charge in [-0.15, -0.1) is 0 Å². The van der Waals surface area contributed by atoms with E-state index in [2.05, 4.69) is 17.9 Å². The van der Waals surface area contributed by atoms with E-state index in [-0.39, 0.29) is 13.2 Å². The van der Waals surface area contributed by atoms with E-state index in [1.807, 2.05) is 0 Å². The predicted molar refractivity (Wildman–Crippen MR) is 68.2 cm³/mol. The van der Waals surface area contributed by atoms with Gasteiger partial charge in [0, 0.05) is 6.61 Å². The number of unbranched alkanes of at least 4 members (excludes halogenated alkanes) is 2. The summed E-state index contributed by atoms with van der Waals surface area (Å²) in [6, 6.07) is 0. The predicted octanol–water partition coefficient (Wildman–Crippen LogP) is 1.79. The smallest absolute Gasteiger partial charge is 0.430 e. The standard InChI is InChI=1S/C13H22O5/c1-3-10-17-13(16)18-12(4-2)11(15)8-6-5-7-9-14/h3-4,11-12,14-15H,1-2,5-10H2. The van der Waals surface area contributed by atoms with E-state index in [1.54, 1.807) is 0 Å². The normalized spacial score (nSPS) is 13.4. The Balaban J connectivity index is 3.94. The van der Waals surface area contributed by atoms with Crippen molar-refractivity contribution in [3.8, 4) is 0 Å². The number of ether oxygens (including phenoxy) is 2. The Morgan fingerprint density at radius 3 is 2.56 bits per heavy atom. The van der Waals surface area contributed by atoms with Crippen LogP contribution in [0.15, 0.2) is 25.3 Å². The molecule has 0 aromatic rings. The molecule has 0 radical (unpaired) electrons. The summed E-state index contributed by atoms with van der Waals surface area (Å²) in [6.45, 7) is 7.12. The average Bonchev–Trinajstić information content (AvgIpc) is 2.38. The summed E-state index contributed by atoms with van der Waals surface area (Å²) in [7, 11) is 0. The van der Waals surface area contributed by atoms with Crippen LogP contribution in [0.25, 0.3) is 0 Å². The van der Waals surface area contributed by atoms with Crippen molar-refractivity contribution in [3.05, 3.63) is 25.3 Å². The maximum atomic E-state index is 11.2. The van der Waals surface area contributed by atoms with Gasteiger partial charge in [-0.25, -0.2) is 4.79 Å². The topological polar surface area (TPSA) is 76.0 Å². The highest BCUT2D eigenvalue weighted by molar-refractivity contribution is 5.60. The number of rotatable bonds is 10. The maximum absolute atomic E-state index is 11.2. The van der Waals surface area contributed by atoms with Crippen LogP contribution < -0.4 is 0 Å². The zero-order chi connectivity index (χ0) is 13.8. The van der Waals surface area contributed by atoms with Crippen LogP contribution >= 0.6 is 0 Å². The lowest BCUT2D eigenvalue weighted by Gasteiger charge is -2.19. The molecule has 0 amide bonds. The van der Waals surface area contributed by atoms with E-state index in [4.69, 9.17) is 9.84 Å². The van der Waals surface area contributed by atoms with E-state index < -0.39 is 18.4 Å². The molecule has 0 saturated heterocycles. The first-order chi connectivity index (χ1) is 8.65. The first kappa shape index (κ1) is 16.7. The van der Waals surface area contributed by atoms with Crippen LogP contribution in [-0.4, -0.2) is 41.8 Å². The first-order valence-electron chi connectivity index (χ1n) is 6.01. The SMILES string of the molecule is C=CCOC(=O)OC(C=C)C(O)CCCCCO. The molecule has 0 bridgehead atoms. The highest BCUT2D eigenvalue weighted by Crippen LogP contribution is 2.11. The minimum Gasteiger partial charge on any atom is -0.430 e. The fourth-order valence-electron chi connectivity index (χ4n) is 1.36. The first-order valence-corrected chi connectivity index (χ1v) is 6.01. The molecule has 0 aliphatic carbocycles. The molecule has 0 aliphatic rings. The second-order valence-electron chi connectivity index (χ2n) is 3.81. The molecular formula is C13H22O5. The van der Waals surface area contributed by atoms with E-state index >= 15 is 0 Å². The van der Waals surface area contributed by atoms with Crippen molar-refractivity contribution in [1.82, 2.24) is 0 Å². The third kappa shape index (κ3) is 7.86. The maximum Gasteiger partial charge on any atom is 0.509 e. The van der Waals surface area contributed by atoms with Crippen molar-refractivity contribution in [2.45, 2.75) is 37.9 Å². The Kier molecular flexibility index (Phi) is 10.0. The van der Waals surface area contributed by atoms with Crippen LogP contribution in [0.4, 0.5) is 4.79 Å². The lowest BCUT2D eigenvalue weighted by molar-refractivity contribution is -0.0114. The molecule has 0 fully saturated rings. The number of carbonyl (C=O) groups excluding carboxylic acids is 1. The molecule has 104 valence electrons. The number of hydrogen-bond donors (Lipinski definition) is 2. The Hall–Kier alpha value is -1.33. The van der Waals surface area contributed by atoms with Crippen LogP contribution in [0, 0.1) is 0 Å². The van der Waals surface area contributed by atoms with E-state index in [0.29, 0.717) is 12.8 Å². The molecular weight excluding hydrogens is 236 g/mol. The molecule has 5 heteroatoms. The van der Waals surface area contributed by atoms with Gasteiger partial charge >= 0.3 is 6.16 Å². The highest BCUT2D eigenvalue weighted by Gasteiger charge is 2.20. The summed E-state index contributed by atoms with van der Waals surface area (Å²) in [5.41, 5.74) is 0. The highest BCUT2D eigenvalue weighted by atomic mass is 16.7. The fraction of sp³-hybridized carbons (Fsp3) is 0.615. The molecule has 18 heavy (non-hydrogen) atoms. The Morgan fingerprint density at radius 2 is 2.00 bits per heavy atom. The summed E-state index contributed by atoms with van der Waals surface area (Å²) >= 11 is 0. The van der Waals surface area contributed by atoms with E-state index in [1.165, 1.54) is 12.2 Å². The van der Waals surface area contributed by atoms with E-state index in [9.17, 15) is 9.90 Å². The molecule has 0 aromatic carbocycles. The summed E-state index contributed by atoms with van der Waals surface area (Å²) in [6.07, 6.45) is 3.10. The van der Waals surface area contributed by atoms with Crippen molar-refractivity contribution in [1.29, 1.82) is 0 Å². The Bertz CT molecular complexity index is 252. The largest absolute Gasteiger partial charge is 0.509 e. The van der Waals surface area contributed by atoms with Crippen LogP contribution in [0.1, 0.15) is 25.7 Å².